The van der Waals surface area contributed by atoms with Crippen LogP contribution in [0.5, 0.6) is 5.75 Å². The summed E-state index contributed by atoms with van der Waals surface area (Å²) in [6.07, 6.45) is 1.93. The van der Waals surface area contributed by atoms with Crippen molar-refractivity contribution in [3.8, 4) is 5.75 Å². The Morgan fingerprint density at radius 3 is 2.50 bits per heavy atom. The molecule has 0 bridgehead atoms. The lowest BCUT2D eigenvalue weighted by molar-refractivity contribution is -0.159. The van der Waals surface area contributed by atoms with Gasteiger partial charge in [0, 0.05) is 19.1 Å². The van der Waals surface area contributed by atoms with E-state index in [4.69, 9.17) is 9.47 Å². The highest BCUT2D eigenvalue weighted by atomic mass is 32.2. The van der Waals surface area contributed by atoms with Crippen LogP contribution in [-0.2, 0) is 19.4 Å². The van der Waals surface area contributed by atoms with Gasteiger partial charge in [-0.2, -0.15) is 0 Å². The Kier molecular flexibility index (Phi) is 7.23. The first kappa shape index (κ1) is 22.4. The molecule has 2 heterocycles. The number of nitrogens with one attached hydrogen (secondary N) is 1. The minimum absolute atomic E-state index is 0.00380. The second-order valence-corrected chi connectivity index (χ2v) is 10.2. The Bertz CT molecular complexity index is 834. The molecule has 0 aromatic heterocycles. The van der Waals surface area contributed by atoms with Crippen molar-refractivity contribution < 1.29 is 27.5 Å². The molecule has 1 atom stereocenters. The number of carbonyl (C=O) groups is 2. The Morgan fingerprint density at radius 1 is 1.20 bits per heavy atom. The lowest BCUT2D eigenvalue weighted by atomic mass is 9.76. The fraction of sp³-hybridized carbons (Fsp3) is 0.619. The van der Waals surface area contributed by atoms with Crippen LogP contribution < -0.4 is 10.1 Å². The number of rotatable bonds is 7. The van der Waals surface area contributed by atoms with Crippen molar-refractivity contribution in [2.75, 3.05) is 37.8 Å². The Balaban J connectivity index is 1.55. The summed E-state index contributed by atoms with van der Waals surface area (Å²) in [4.78, 5) is 26.9. The number of piperidine rings is 1. The molecule has 8 nitrogen and oxygen atoms in total. The number of likely N-dealkylation sites (tertiary alicyclic amines) is 1. The van der Waals surface area contributed by atoms with Gasteiger partial charge in [0.25, 0.3) is 0 Å². The molecule has 30 heavy (non-hydrogen) atoms. The molecule has 2 saturated heterocycles. The molecule has 0 radical (unpaired) electrons. The minimum atomic E-state index is -3.05. The summed E-state index contributed by atoms with van der Waals surface area (Å²) < 4.78 is 34.3. The van der Waals surface area contributed by atoms with Crippen LogP contribution in [0.4, 0.5) is 4.79 Å². The van der Waals surface area contributed by atoms with Crippen molar-refractivity contribution in [1.29, 1.82) is 0 Å². The summed E-state index contributed by atoms with van der Waals surface area (Å²) in [6, 6.07) is 8.83. The van der Waals surface area contributed by atoms with E-state index in [1.807, 2.05) is 30.3 Å². The molecule has 1 N–H and O–H groups in total. The number of urea groups is 1. The van der Waals surface area contributed by atoms with Crippen LogP contribution in [-0.4, -0.2) is 69.2 Å². The molecule has 2 amide bonds. The van der Waals surface area contributed by atoms with E-state index in [1.54, 1.807) is 11.8 Å². The van der Waals surface area contributed by atoms with Crippen molar-refractivity contribution >= 4 is 21.8 Å². The predicted molar refractivity (Wildman–Crippen MR) is 112 cm³/mol. The quantitative estimate of drug-likeness (QED) is 0.654. The zero-order valence-electron chi connectivity index (χ0n) is 17.3. The second kappa shape index (κ2) is 9.68. The molecule has 2 fully saturated rings. The molecule has 2 aliphatic rings. The van der Waals surface area contributed by atoms with Gasteiger partial charge in [-0.1, -0.05) is 18.2 Å². The van der Waals surface area contributed by atoms with E-state index in [0.717, 1.165) is 5.75 Å². The van der Waals surface area contributed by atoms with Crippen LogP contribution in [0.15, 0.2) is 30.3 Å². The smallest absolute Gasteiger partial charge is 0.317 e. The van der Waals surface area contributed by atoms with E-state index in [0.29, 0.717) is 52.0 Å². The summed E-state index contributed by atoms with van der Waals surface area (Å²) in [5.41, 5.74) is -0.682. The zero-order valence-corrected chi connectivity index (χ0v) is 18.2. The fourth-order valence-electron chi connectivity index (χ4n) is 4.03. The number of ether oxygens (including phenoxy) is 2. The number of hydrogen-bond acceptors (Lipinski definition) is 6. The highest BCUT2D eigenvalue weighted by molar-refractivity contribution is 7.91. The summed E-state index contributed by atoms with van der Waals surface area (Å²) in [6.45, 7) is 3.30. The average molecular weight is 439 g/mol. The number of nitrogens with zero attached hydrogens (tertiary/aromatic N) is 1. The third kappa shape index (κ3) is 5.65. The van der Waals surface area contributed by atoms with Gasteiger partial charge >= 0.3 is 12.0 Å². The predicted octanol–water partition coefficient (Wildman–Crippen LogP) is 2.00. The molecule has 0 spiro atoms. The Hall–Kier alpha value is -2.29. The van der Waals surface area contributed by atoms with Gasteiger partial charge in [0.15, 0.2) is 9.84 Å². The maximum Gasteiger partial charge on any atom is 0.317 e. The maximum atomic E-state index is 12.7. The van der Waals surface area contributed by atoms with Gasteiger partial charge in [0.2, 0.25) is 0 Å². The van der Waals surface area contributed by atoms with Gasteiger partial charge in [-0.15, -0.1) is 0 Å². The van der Waals surface area contributed by atoms with E-state index in [9.17, 15) is 18.0 Å². The van der Waals surface area contributed by atoms with E-state index in [-0.39, 0.29) is 29.5 Å². The van der Waals surface area contributed by atoms with Crippen molar-refractivity contribution in [2.45, 2.75) is 38.6 Å². The normalized spacial score (nSPS) is 22.3. The van der Waals surface area contributed by atoms with E-state index < -0.39 is 15.3 Å². The van der Waals surface area contributed by atoms with Crippen molar-refractivity contribution in [3.05, 3.63) is 30.3 Å². The van der Waals surface area contributed by atoms with E-state index >= 15 is 0 Å². The number of esters is 1. The largest absolute Gasteiger partial charge is 0.494 e. The molecular formula is C21H30N2O6S. The van der Waals surface area contributed by atoms with Crippen molar-refractivity contribution in [1.82, 2.24) is 10.2 Å². The topological polar surface area (TPSA) is 102 Å². The first-order valence-electron chi connectivity index (χ1n) is 10.4. The number of para-hydroxylation sites is 1. The Labute approximate surface area is 177 Å². The monoisotopic (exact) mass is 438 g/mol. The first-order valence-corrected chi connectivity index (χ1v) is 12.3. The summed E-state index contributed by atoms with van der Waals surface area (Å²) in [7, 11) is -3.05. The first-order chi connectivity index (χ1) is 14.3. The summed E-state index contributed by atoms with van der Waals surface area (Å²) in [5, 5.41) is 2.82. The van der Waals surface area contributed by atoms with Gasteiger partial charge in [-0.05, 0) is 44.7 Å². The minimum Gasteiger partial charge on any atom is -0.494 e. The van der Waals surface area contributed by atoms with E-state index in [2.05, 4.69) is 5.32 Å². The van der Waals surface area contributed by atoms with Gasteiger partial charge < -0.3 is 19.7 Å². The van der Waals surface area contributed by atoms with Gasteiger partial charge in [-0.3, -0.25) is 4.79 Å². The maximum absolute atomic E-state index is 12.7. The number of amides is 2. The summed E-state index contributed by atoms with van der Waals surface area (Å²) in [5.74, 6) is 0.616. The van der Waals surface area contributed by atoms with Crippen LogP contribution >= 0.6 is 0 Å². The lowest BCUT2D eigenvalue weighted by Gasteiger charge is -2.40. The van der Waals surface area contributed by atoms with Gasteiger partial charge in [-0.25, -0.2) is 13.2 Å². The van der Waals surface area contributed by atoms with Crippen LogP contribution in [0.25, 0.3) is 0 Å². The van der Waals surface area contributed by atoms with Crippen LogP contribution in [0.3, 0.4) is 0 Å². The standard InChI is InChI=1S/C21H30N2O6S/c1-2-28-19(24)21(11-14-29-18-6-4-3-5-7-18)9-12-23(13-10-21)20(25)22-17-8-15-30(26,27)16-17/h3-7,17H,2,8-16H2,1H3,(H,22,25). The van der Waals surface area contributed by atoms with Crippen LogP contribution in [0, 0.1) is 5.41 Å². The molecule has 0 saturated carbocycles. The van der Waals surface area contributed by atoms with E-state index in [1.165, 1.54) is 0 Å². The molecule has 166 valence electrons. The second-order valence-electron chi connectivity index (χ2n) is 7.95. The fourth-order valence-corrected chi connectivity index (χ4v) is 5.71. The average Bonchev–Trinajstić information content (AvgIpc) is 3.07. The van der Waals surface area contributed by atoms with Crippen LogP contribution in [0.1, 0.15) is 32.6 Å². The third-order valence-corrected chi connectivity index (χ3v) is 7.64. The molecule has 0 aliphatic carbocycles. The molecule has 2 aliphatic heterocycles. The van der Waals surface area contributed by atoms with Crippen molar-refractivity contribution in [2.24, 2.45) is 5.41 Å². The number of benzene rings is 1. The van der Waals surface area contributed by atoms with Gasteiger partial charge in [0.05, 0.1) is 30.1 Å². The zero-order chi connectivity index (χ0) is 21.6. The molecule has 1 unspecified atom stereocenters. The number of sulfone groups is 1. The number of carbonyl (C=O) groups excluding carboxylic acids is 2. The Morgan fingerprint density at radius 2 is 1.90 bits per heavy atom. The molecule has 1 aromatic carbocycles. The van der Waals surface area contributed by atoms with Gasteiger partial charge in [0.1, 0.15) is 5.75 Å². The SMILES string of the molecule is CCOC(=O)C1(CCOc2ccccc2)CCN(C(=O)NC2CCS(=O)(=O)C2)CC1. The number of hydrogen-bond donors (Lipinski definition) is 1. The molecule has 3 rings (SSSR count). The highest BCUT2D eigenvalue weighted by Gasteiger charge is 2.43. The molecular weight excluding hydrogens is 408 g/mol. The molecule has 9 heteroatoms. The van der Waals surface area contributed by atoms with Crippen molar-refractivity contribution in [3.63, 3.8) is 0 Å². The lowest BCUT2D eigenvalue weighted by Crippen LogP contribution is -2.52. The molecule has 1 aromatic rings. The summed E-state index contributed by atoms with van der Waals surface area (Å²) >= 11 is 0. The van der Waals surface area contributed by atoms with Crippen LogP contribution in [0.2, 0.25) is 0 Å². The highest BCUT2D eigenvalue weighted by Crippen LogP contribution is 2.37. The third-order valence-electron chi connectivity index (χ3n) is 5.87.